The van der Waals surface area contributed by atoms with E-state index in [4.69, 9.17) is 4.74 Å². The third-order valence-electron chi connectivity index (χ3n) is 3.09. The molecule has 0 spiro atoms. The van der Waals surface area contributed by atoms with Crippen LogP contribution in [0.4, 0.5) is 10.5 Å². The number of rotatable bonds is 3. The fourth-order valence-electron chi connectivity index (χ4n) is 2.02. The number of benzene rings is 1. The standard InChI is InChI=1S/C13H19N3O2/c1-9-3-5-10(6-4-9)15-13(17)16-11-7-14-8-12(11)18-2/h3-6,11-12,14H,7-8H2,1-2H3,(H2,15,16,17)/t11?,12-/m0/s1. The molecule has 5 heteroatoms. The van der Waals surface area contributed by atoms with Crippen LogP contribution in [-0.4, -0.2) is 38.4 Å². The Labute approximate surface area is 107 Å². The van der Waals surface area contributed by atoms with Crippen molar-refractivity contribution in [2.45, 2.75) is 19.1 Å². The molecule has 3 N–H and O–H groups in total. The first kappa shape index (κ1) is 12.9. The number of urea groups is 1. The van der Waals surface area contributed by atoms with Gasteiger partial charge in [0.25, 0.3) is 0 Å². The highest BCUT2D eigenvalue weighted by Crippen LogP contribution is 2.09. The fourth-order valence-corrected chi connectivity index (χ4v) is 2.02. The van der Waals surface area contributed by atoms with Crippen molar-refractivity contribution in [3.8, 4) is 0 Å². The Balaban J connectivity index is 1.86. The number of methoxy groups -OCH3 is 1. The van der Waals surface area contributed by atoms with Crippen LogP contribution in [0.5, 0.6) is 0 Å². The van der Waals surface area contributed by atoms with Crippen molar-refractivity contribution in [2.75, 3.05) is 25.5 Å². The number of nitrogens with one attached hydrogen (secondary N) is 3. The third-order valence-corrected chi connectivity index (χ3v) is 3.09. The van der Waals surface area contributed by atoms with Crippen molar-refractivity contribution >= 4 is 11.7 Å². The van der Waals surface area contributed by atoms with E-state index in [9.17, 15) is 4.79 Å². The van der Waals surface area contributed by atoms with E-state index in [0.717, 1.165) is 18.8 Å². The first-order valence-electron chi connectivity index (χ1n) is 6.07. The summed E-state index contributed by atoms with van der Waals surface area (Å²) in [5, 5.41) is 8.90. The molecular formula is C13H19N3O2. The fraction of sp³-hybridized carbons (Fsp3) is 0.462. The van der Waals surface area contributed by atoms with E-state index in [1.807, 2.05) is 31.2 Å². The van der Waals surface area contributed by atoms with Crippen LogP contribution in [0.2, 0.25) is 0 Å². The Hall–Kier alpha value is -1.59. The molecule has 2 atom stereocenters. The smallest absolute Gasteiger partial charge is 0.319 e. The van der Waals surface area contributed by atoms with Crippen molar-refractivity contribution in [2.24, 2.45) is 0 Å². The maximum Gasteiger partial charge on any atom is 0.319 e. The molecule has 1 aromatic rings. The van der Waals surface area contributed by atoms with Crippen molar-refractivity contribution in [3.05, 3.63) is 29.8 Å². The molecule has 1 aliphatic rings. The van der Waals surface area contributed by atoms with Gasteiger partial charge in [-0.3, -0.25) is 0 Å². The van der Waals surface area contributed by atoms with Crippen LogP contribution >= 0.6 is 0 Å². The topological polar surface area (TPSA) is 62.4 Å². The minimum absolute atomic E-state index is 0.0143. The molecule has 2 rings (SSSR count). The minimum Gasteiger partial charge on any atom is -0.378 e. The first-order valence-corrected chi connectivity index (χ1v) is 6.07. The molecule has 5 nitrogen and oxygen atoms in total. The van der Waals surface area contributed by atoms with Crippen molar-refractivity contribution < 1.29 is 9.53 Å². The molecule has 0 aromatic heterocycles. The SMILES string of the molecule is CO[C@H]1CNCC1NC(=O)Nc1ccc(C)cc1. The lowest BCUT2D eigenvalue weighted by Gasteiger charge is -2.18. The van der Waals surface area contributed by atoms with Gasteiger partial charge in [0, 0.05) is 25.9 Å². The highest BCUT2D eigenvalue weighted by molar-refractivity contribution is 5.89. The molecule has 1 aromatic carbocycles. The zero-order valence-corrected chi connectivity index (χ0v) is 10.7. The molecule has 1 heterocycles. The molecule has 2 amide bonds. The van der Waals surface area contributed by atoms with Gasteiger partial charge in [0.15, 0.2) is 0 Å². The molecule has 1 saturated heterocycles. The summed E-state index contributed by atoms with van der Waals surface area (Å²) in [6.45, 7) is 3.52. The number of ether oxygens (including phenoxy) is 1. The Bertz CT molecular complexity index is 405. The monoisotopic (exact) mass is 249 g/mol. The van der Waals surface area contributed by atoms with E-state index in [1.165, 1.54) is 5.56 Å². The molecule has 98 valence electrons. The minimum atomic E-state index is -0.199. The molecular weight excluding hydrogens is 230 g/mol. The van der Waals surface area contributed by atoms with E-state index in [1.54, 1.807) is 7.11 Å². The molecule has 18 heavy (non-hydrogen) atoms. The van der Waals surface area contributed by atoms with Crippen molar-refractivity contribution in [1.29, 1.82) is 0 Å². The maximum absolute atomic E-state index is 11.8. The number of carbonyl (C=O) groups excluding carboxylic acids is 1. The van der Waals surface area contributed by atoms with Crippen molar-refractivity contribution in [1.82, 2.24) is 10.6 Å². The number of hydrogen-bond acceptors (Lipinski definition) is 3. The Morgan fingerprint density at radius 2 is 2.06 bits per heavy atom. The molecule has 1 aliphatic heterocycles. The van der Waals surface area contributed by atoms with Crippen LogP contribution in [0.1, 0.15) is 5.56 Å². The predicted octanol–water partition coefficient (Wildman–Crippen LogP) is 1.10. The van der Waals surface area contributed by atoms with Crippen LogP contribution in [-0.2, 0) is 4.74 Å². The highest BCUT2D eigenvalue weighted by atomic mass is 16.5. The van der Waals surface area contributed by atoms with E-state index in [0.29, 0.717) is 0 Å². The van der Waals surface area contributed by atoms with Crippen LogP contribution in [0.15, 0.2) is 24.3 Å². The van der Waals surface area contributed by atoms with Gasteiger partial charge in [0.1, 0.15) is 0 Å². The normalized spacial score (nSPS) is 22.8. The van der Waals surface area contributed by atoms with Gasteiger partial charge in [-0.1, -0.05) is 17.7 Å². The van der Waals surface area contributed by atoms with E-state index >= 15 is 0 Å². The lowest BCUT2D eigenvalue weighted by molar-refractivity contribution is 0.0991. The number of hydrogen-bond donors (Lipinski definition) is 3. The summed E-state index contributed by atoms with van der Waals surface area (Å²) in [6.07, 6.45) is 0.0359. The van der Waals surface area contributed by atoms with Crippen molar-refractivity contribution in [3.63, 3.8) is 0 Å². The second kappa shape index (κ2) is 5.84. The van der Waals surface area contributed by atoms with Crippen LogP contribution in [0.3, 0.4) is 0 Å². The average Bonchev–Trinajstić information content (AvgIpc) is 2.79. The van der Waals surface area contributed by atoms with Gasteiger partial charge in [-0.2, -0.15) is 0 Å². The third kappa shape index (κ3) is 3.21. The molecule has 0 bridgehead atoms. The van der Waals surface area contributed by atoms with Gasteiger partial charge in [0.05, 0.1) is 12.1 Å². The van der Waals surface area contributed by atoms with Crippen LogP contribution < -0.4 is 16.0 Å². The number of carbonyl (C=O) groups is 1. The van der Waals surface area contributed by atoms with Gasteiger partial charge in [0.2, 0.25) is 0 Å². The zero-order valence-electron chi connectivity index (χ0n) is 10.7. The molecule has 0 saturated carbocycles. The van der Waals surface area contributed by atoms with E-state index in [2.05, 4.69) is 16.0 Å². The van der Waals surface area contributed by atoms with Gasteiger partial charge < -0.3 is 20.7 Å². The average molecular weight is 249 g/mol. The summed E-state index contributed by atoms with van der Waals surface area (Å²) in [4.78, 5) is 11.8. The number of amides is 2. The summed E-state index contributed by atoms with van der Waals surface area (Å²) in [5.74, 6) is 0. The molecule has 0 aliphatic carbocycles. The number of anilines is 1. The summed E-state index contributed by atoms with van der Waals surface area (Å²) in [6, 6.07) is 7.51. The quantitative estimate of drug-likeness (QED) is 0.752. The first-order chi connectivity index (χ1) is 8.69. The van der Waals surface area contributed by atoms with Gasteiger partial charge in [-0.05, 0) is 19.1 Å². The van der Waals surface area contributed by atoms with Crippen LogP contribution in [0.25, 0.3) is 0 Å². The lowest BCUT2D eigenvalue weighted by atomic mass is 10.2. The zero-order chi connectivity index (χ0) is 13.0. The highest BCUT2D eigenvalue weighted by Gasteiger charge is 2.27. The largest absolute Gasteiger partial charge is 0.378 e. The van der Waals surface area contributed by atoms with E-state index < -0.39 is 0 Å². The second-order valence-corrected chi connectivity index (χ2v) is 4.50. The summed E-state index contributed by atoms with van der Waals surface area (Å²) in [7, 11) is 1.66. The second-order valence-electron chi connectivity index (χ2n) is 4.50. The number of aryl methyl sites for hydroxylation is 1. The Morgan fingerprint density at radius 1 is 1.33 bits per heavy atom. The summed E-state index contributed by atoms with van der Waals surface area (Å²) in [5.41, 5.74) is 1.96. The van der Waals surface area contributed by atoms with Gasteiger partial charge >= 0.3 is 6.03 Å². The predicted molar refractivity (Wildman–Crippen MR) is 70.8 cm³/mol. The Morgan fingerprint density at radius 3 is 2.72 bits per heavy atom. The summed E-state index contributed by atoms with van der Waals surface area (Å²) >= 11 is 0. The molecule has 1 unspecified atom stereocenters. The summed E-state index contributed by atoms with van der Waals surface area (Å²) < 4.78 is 5.29. The van der Waals surface area contributed by atoms with E-state index in [-0.39, 0.29) is 18.2 Å². The van der Waals surface area contributed by atoms with Crippen LogP contribution in [0, 0.1) is 6.92 Å². The maximum atomic E-state index is 11.8. The van der Waals surface area contributed by atoms with Gasteiger partial charge in [-0.25, -0.2) is 4.79 Å². The molecule has 1 fully saturated rings. The van der Waals surface area contributed by atoms with Gasteiger partial charge in [-0.15, -0.1) is 0 Å². The lowest BCUT2D eigenvalue weighted by Crippen LogP contribution is -2.45. The Kier molecular flexibility index (Phi) is 4.17. The molecule has 0 radical (unpaired) electrons.